The van der Waals surface area contributed by atoms with E-state index in [-0.39, 0.29) is 29.6 Å². The monoisotopic (exact) mass is 384 g/mol. The van der Waals surface area contributed by atoms with Crippen molar-refractivity contribution in [2.75, 3.05) is 0 Å². The second kappa shape index (κ2) is 20.8. The van der Waals surface area contributed by atoms with E-state index in [9.17, 15) is 19.2 Å². The number of carbonyl (C=O) groups is 4. The van der Waals surface area contributed by atoms with Crippen LogP contribution in [-0.2, 0) is 19.2 Å². The molecule has 0 aliphatic rings. The minimum atomic E-state index is -1.23. The molecule has 25 heavy (non-hydrogen) atoms. The number of aliphatic hydroxyl groups excluding tert-OH is 4. The van der Waals surface area contributed by atoms with Crippen LogP contribution in [0.15, 0.2) is 0 Å². The van der Waals surface area contributed by atoms with Gasteiger partial charge in [-0.25, -0.2) is 19.2 Å². The van der Waals surface area contributed by atoms with Gasteiger partial charge in [-0.15, -0.1) is 0 Å². The van der Waals surface area contributed by atoms with Gasteiger partial charge in [-0.3, -0.25) is 0 Å². The molecule has 0 saturated carbocycles. The van der Waals surface area contributed by atoms with Crippen LogP contribution in [0.3, 0.4) is 0 Å². The number of carboxylic acids is 4. The summed E-state index contributed by atoms with van der Waals surface area (Å²) in [5.41, 5.74) is 0. The predicted octanol–water partition coefficient (Wildman–Crippen LogP) is -2.84. The summed E-state index contributed by atoms with van der Waals surface area (Å²) in [5, 5.41) is 63.1. The number of aliphatic carboxylic acids is 4. The molecule has 0 aliphatic heterocycles. The fourth-order valence-corrected chi connectivity index (χ4v) is 0. The molecule has 0 heterocycles. The van der Waals surface area contributed by atoms with Crippen molar-refractivity contribution < 1.29 is 60.0 Å². The molecule has 13 heteroatoms. The average Bonchev–Trinajstić information content (AvgIpc) is 2.40. The molecule has 0 aromatic rings. The van der Waals surface area contributed by atoms with Crippen LogP contribution in [0.4, 0.5) is 0 Å². The zero-order chi connectivity index (χ0) is 20.6. The van der Waals surface area contributed by atoms with Gasteiger partial charge in [0.1, 0.15) is 24.4 Å². The summed E-state index contributed by atoms with van der Waals surface area (Å²) < 4.78 is 0. The van der Waals surface area contributed by atoms with Gasteiger partial charge in [0.2, 0.25) is 0 Å². The summed E-state index contributed by atoms with van der Waals surface area (Å²) in [5.74, 6) is -4.74. The van der Waals surface area contributed by atoms with Crippen LogP contribution in [0.5, 0.6) is 0 Å². The predicted molar refractivity (Wildman–Crippen MR) is 84.4 cm³/mol. The summed E-state index contributed by atoms with van der Waals surface area (Å²) in [4.78, 5) is 37.8. The molecule has 12 nitrogen and oxygen atoms in total. The Bertz CT molecular complexity index is 306. The molecule has 8 N–H and O–H groups in total. The summed E-state index contributed by atoms with van der Waals surface area (Å²) in [6, 6.07) is 0. The van der Waals surface area contributed by atoms with E-state index in [4.69, 9.17) is 40.9 Å². The third-order valence-electron chi connectivity index (χ3n) is 1.43. The molecular weight excluding hydrogens is 359 g/mol. The van der Waals surface area contributed by atoms with E-state index < -0.39 is 48.3 Å². The van der Waals surface area contributed by atoms with Crippen molar-refractivity contribution >= 4 is 53.4 Å². The minimum absolute atomic E-state index is 0. The molecule has 4 atom stereocenters. The molecule has 146 valence electrons. The van der Waals surface area contributed by atoms with Gasteiger partial charge in [0, 0.05) is 0 Å². The third-order valence-corrected chi connectivity index (χ3v) is 1.43. The topological polar surface area (TPSA) is 230 Å². The molecule has 0 aliphatic carbocycles. The molecule has 0 fully saturated rings. The third kappa shape index (κ3) is 45.0. The zero-order valence-corrected chi connectivity index (χ0v) is 13.5. The van der Waals surface area contributed by atoms with E-state index in [1.54, 1.807) is 0 Å². The van der Waals surface area contributed by atoms with Crippen molar-refractivity contribution in [3.8, 4) is 0 Å². The van der Waals surface area contributed by atoms with Crippen molar-refractivity contribution in [3.63, 3.8) is 0 Å². The van der Waals surface area contributed by atoms with Crippen molar-refractivity contribution in [3.05, 3.63) is 0 Å². The molecule has 0 saturated heterocycles. The average molecular weight is 384 g/mol. The van der Waals surface area contributed by atoms with E-state index in [2.05, 4.69) is 0 Å². The second-order valence-corrected chi connectivity index (χ2v) is 4.06. The van der Waals surface area contributed by atoms with E-state index in [1.165, 1.54) is 27.7 Å². The van der Waals surface area contributed by atoms with Crippen molar-refractivity contribution in [1.82, 2.24) is 0 Å². The molecular formula is C12H25NaO12. The molecule has 0 rings (SSSR count). The SMILES string of the molecule is CC(O)C(=O)O.CC(O)C(=O)O.CC(O)C(=O)O.CC(O)C(=O)O.[NaH]. The van der Waals surface area contributed by atoms with E-state index in [0.717, 1.165) is 0 Å². The maximum absolute atomic E-state index is 9.45. The Balaban J connectivity index is -0.0000000702. The van der Waals surface area contributed by atoms with E-state index >= 15 is 0 Å². The Labute approximate surface area is 165 Å². The Morgan fingerprint density at radius 3 is 0.520 bits per heavy atom. The van der Waals surface area contributed by atoms with Crippen molar-refractivity contribution in [2.24, 2.45) is 0 Å². The maximum atomic E-state index is 9.45. The summed E-state index contributed by atoms with van der Waals surface area (Å²) in [7, 11) is 0. The molecule has 0 spiro atoms. The molecule has 0 aromatic heterocycles. The Hall–Kier alpha value is -1.28. The van der Waals surface area contributed by atoms with Gasteiger partial charge in [0.25, 0.3) is 0 Å². The number of hydrogen-bond acceptors (Lipinski definition) is 8. The first-order chi connectivity index (χ1) is 10.6. The Morgan fingerprint density at radius 1 is 0.480 bits per heavy atom. The molecule has 0 amide bonds. The van der Waals surface area contributed by atoms with Crippen LogP contribution < -0.4 is 0 Å². The Kier molecular flexibility index (Phi) is 29.0. The standard InChI is InChI=1S/4C3H6O3.Na.H/c4*1-2(4)3(5)6;;/h4*2,4H,1H3,(H,5,6);;. The van der Waals surface area contributed by atoms with E-state index in [1.807, 2.05) is 0 Å². The number of rotatable bonds is 4. The first-order valence-corrected chi connectivity index (χ1v) is 6.21. The van der Waals surface area contributed by atoms with Gasteiger partial charge in [0.05, 0.1) is 0 Å². The fourth-order valence-electron chi connectivity index (χ4n) is 0. The number of aliphatic hydroxyl groups is 4. The number of carboxylic acid groups (broad SMARTS) is 4. The molecule has 0 radical (unpaired) electrons. The van der Waals surface area contributed by atoms with Gasteiger partial charge in [-0.2, -0.15) is 0 Å². The van der Waals surface area contributed by atoms with Crippen LogP contribution in [0.25, 0.3) is 0 Å². The summed E-state index contributed by atoms with van der Waals surface area (Å²) in [6.07, 6.45) is -4.93. The molecule has 0 aromatic carbocycles. The summed E-state index contributed by atoms with van der Waals surface area (Å²) >= 11 is 0. The number of hydrogen-bond donors (Lipinski definition) is 8. The van der Waals surface area contributed by atoms with E-state index in [0.29, 0.717) is 0 Å². The molecule has 0 bridgehead atoms. The fraction of sp³-hybridized carbons (Fsp3) is 0.667. The van der Waals surface area contributed by atoms with Crippen LogP contribution in [-0.4, -0.2) is 119 Å². The van der Waals surface area contributed by atoms with Gasteiger partial charge >= 0.3 is 53.4 Å². The van der Waals surface area contributed by atoms with Gasteiger partial charge in [0.15, 0.2) is 0 Å². The summed E-state index contributed by atoms with van der Waals surface area (Å²) in [6.45, 7) is 4.79. The van der Waals surface area contributed by atoms with Gasteiger partial charge in [-0.1, -0.05) is 0 Å². The van der Waals surface area contributed by atoms with Gasteiger partial charge in [-0.05, 0) is 27.7 Å². The molecule has 4 unspecified atom stereocenters. The van der Waals surface area contributed by atoms with Crippen LogP contribution in [0.1, 0.15) is 27.7 Å². The first kappa shape index (κ1) is 34.9. The van der Waals surface area contributed by atoms with Gasteiger partial charge < -0.3 is 40.9 Å². The van der Waals surface area contributed by atoms with Crippen LogP contribution >= 0.6 is 0 Å². The second-order valence-electron chi connectivity index (χ2n) is 4.06. The van der Waals surface area contributed by atoms with Crippen LogP contribution in [0.2, 0.25) is 0 Å². The quantitative estimate of drug-likeness (QED) is 0.229. The normalized spacial score (nSPS) is 13.1. The zero-order valence-electron chi connectivity index (χ0n) is 13.5. The van der Waals surface area contributed by atoms with Crippen molar-refractivity contribution in [2.45, 2.75) is 52.1 Å². The van der Waals surface area contributed by atoms with Crippen LogP contribution in [0, 0.1) is 0 Å². The first-order valence-electron chi connectivity index (χ1n) is 6.21. The Morgan fingerprint density at radius 2 is 0.520 bits per heavy atom. The van der Waals surface area contributed by atoms with Crippen molar-refractivity contribution in [1.29, 1.82) is 0 Å².